The molecule has 0 radical (unpaired) electrons. The van der Waals surface area contributed by atoms with Crippen LogP contribution in [0.1, 0.15) is 51.0 Å². The lowest BCUT2D eigenvalue weighted by Crippen LogP contribution is -2.34. The van der Waals surface area contributed by atoms with Crippen molar-refractivity contribution in [1.82, 2.24) is 5.32 Å². The van der Waals surface area contributed by atoms with Crippen LogP contribution in [0.5, 0.6) is 11.5 Å². The maximum Gasteiger partial charge on any atom is 0.251 e. The summed E-state index contributed by atoms with van der Waals surface area (Å²) in [5.41, 5.74) is 1.09. The molecule has 1 atom stereocenters. The summed E-state index contributed by atoms with van der Waals surface area (Å²) in [5, 5.41) is 4.34. The van der Waals surface area contributed by atoms with E-state index in [1.165, 1.54) is 19.3 Å². The molecule has 2 heterocycles. The number of benzene rings is 1. The van der Waals surface area contributed by atoms with Gasteiger partial charge in [0.2, 0.25) is 0 Å². The number of hydrogen-bond acceptors (Lipinski definition) is 3. The Morgan fingerprint density at radius 3 is 2.40 bits per heavy atom. The van der Waals surface area contributed by atoms with Gasteiger partial charge in [-0.25, -0.2) is 0 Å². The zero-order valence-electron chi connectivity index (χ0n) is 11.8. The largest absolute Gasteiger partial charge is 0.448 e. The summed E-state index contributed by atoms with van der Waals surface area (Å²) in [6.45, 7) is 3.26. The van der Waals surface area contributed by atoms with Crippen LogP contribution in [0, 0.1) is 0 Å². The Balaban J connectivity index is 1.72. The van der Waals surface area contributed by atoms with Gasteiger partial charge in [-0.1, -0.05) is 11.6 Å². The molecule has 0 aromatic heterocycles. The van der Waals surface area contributed by atoms with Gasteiger partial charge in [0, 0.05) is 29.5 Å². The summed E-state index contributed by atoms with van der Waals surface area (Å²) in [6, 6.07) is 4.02. The molecule has 1 spiro atoms. The number of ether oxygens (including phenoxy) is 2. The van der Waals surface area contributed by atoms with Gasteiger partial charge < -0.3 is 14.8 Å². The van der Waals surface area contributed by atoms with Crippen molar-refractivity contribution in [3.63, 3.8) is 0 Å². The SMILES string of the molecule is CC1(c2cc3c(cc2Cl)OC2(CCCC2)O3)CCCN1. The number of hydrogen-bond donors (Lipinski definition) is 1. The van der Waals surface area contributed by atoms with Gasteiger partial charge in [0.25, 0.3) is 5.79 Å². The Morgan fingerprint density at radius 2 is 1.75 bits per heavy atom. The zero-order valence-corrected chi connectivity index (χ0v) is 12.6. The third-order valence-corrected chi connectivity index (χ3v) is 5.27. The van der Waals surface area contributed by atoms with E-state index in [0.29, 0.717) is 0 Å². The molecule has 1 aliphatic carbocycles. The summed E-state index contributed by atoms with van der Waals surface area (Å²) in [6.07, 6.45) is 6.60. The second kappa shape index (κ2) is 4.28. The molecule has 4 heteroatoms. The van der Waals surface area contributed by atoms with Crippen molar-refractivity contribution in [1.29, 1.82) is 0 Å². The predicted octanol–water partition coefficient (Wildman–Crippen LogP) is 3.98. The van der Waals surface area contributed by atoms with Gasteiger partial charge in [0.1, 0.15) is 0 Å². The maximum atomic E-state index is 6.50. The second-order valence-corrected chi connectivity index (χ2v) is 6.87. The first-order chi connectivity index (χ1) is 9.60. The summed E-state index contributed by atoms with van der Waals surface area (Å²) >= 11 is 6.50. The van der Waals surface area contributed by atoms with E-state index in [0.717, 1.165) is 47.9 Å². The average Bonchev–Trinajstić information content (AvgIpc) is 3.10. The van der Waals surface area contributed by atoms with Crippen molar-refractivity contribution in [2.45, 2.75) is 56.8 Å². The Morgan fingerprint density at radius 1 is 1.05 bits per heavy atom. The zero-order chi connectivity index (χ0) is 13.8. The van der Waals surface area contributed by atoms with Crippen molar-refractivity contribution >= 4 is 11.6 Å². The summed E-state index contributed by atoms with van der Waals surface area (Å²) < 4.78 is 12.2. The van der Waals surface area contributed by atoms with E-state index >= 15 is 0 Å². The molecule has 4 rings (SSSR count). The molecule has 1 N–H and O–H groups in total. The van der Waals surface area contributed by atoms with Crippen molar-refractivity contribution < 1.29 is 9.47 Å². The summed E-state index contributed by atoms with van der Waals surface area (Å²) in [5.74, 6) is 1.26. The number of nitrogens with one attached hydrogen (secondary N) is 1. The van der Waals surface area contributed by atoms with E-state index in [1.54, 1.807) is 0 Å². The van der Waals surface area contributed by atoms with Crippen molar-refractivity contribution in [2.75, 3.05) is 6.54 Å². The Labute approximate surface area is 124 Å². The lowest BCUT2D eigenvalue weighted by Gasteiger charge is -2.26. The van der Waals surface area contributed by atoms with Crippen molar-refractivity contribution in [3.8, 4) is 11.5 Å². The van der Waals surface area contributed by atoms with Crippen LogP contribution in [0.2, 0.25) is 5.02 Å². The Kier molecular flexibility index (Phi) is 2.74. The highest BCUT2D eigenvalue weighted by Crippen LogP contribution is 2.50. The Bertz CT molecular complexity index is 546. The standard InChI is InChI=1S/C16H20ClNO2/c1-15(5-4-8-18-15)11-9-13-14(10-12(11)17)20-16(19-13)6-2-3-7-16/h9-10,18H,2-8H2,1H3. The van der Waals surface area contributed by atoms with E-state index in [1.807, 2.05) is 6.07 Å². The van der Waals surface area contributed by atoms with Crippen LogP contribution in [0.25, 0.3) is 0 Å². The topological polar surface area (TPSA) is 30.5 Å². The van der Waals surface area contributed by atoms with Gasteiger partial charge in [-0.15, -0.1) is 0 Å². The van der Waals surface area contributed by atoms with Gasteiger partial charge in [-0.2, -0.15) is 0 Å². The first-order valence-electron chi connectivity index (χ1n) is 7.57. The molecule has 1 unspecified atom stereocenters. The molecule has 108 valence electrons. The molecule has 1 saturated heterocycles. The molecule has 0 amide bonds. The van der Waals surface area contributed by atoms with E-state index < -0.39 is 5.79 Å². The van der Waals surface area contributed by atoms with Gasteiger partial charge in [-0.05, 0) is 50.8 Å². The minimum Gasteiger partial charge on any atom is -0.448 e. The predicted molar refractivity (Wildman–Crippen MR) is 78.5 cm³/mol. The molecule has 3 aliphatic rings. The number of fused-ring (bicyclic) bond motifs is 1. The maximum absolute atomic E-state index is 6.50. The minimum absolute atomic E-state index is 0.0408. The van der Waals surface area contributed by atoms with E-state index in [9.17, 15) is 0 Å². The van der Waals surface area contributed by atoms with Crippen LogP contribution in [0.4, 0.5) is 0 Å². The Hall–Kier alpha value is -0.930. The van der Waals surface area contributed by atoms with Gasteiger partial charge in [-0.3, -0.25) is 0 Å². The quantitative estimate of drug-likeness (QED) is 0.849. The van der Waals surface area contributed by atoms with E-state index in [-0.39, 0.29) is 5.54 Å². The highest BCUT2D eigenvalue weighted by Gasteiger charge is 2.45. The molecule has 2 aliphatic heterocycles. The van der Waals surface area contributed by atoms with Gasteiger partial charge in [0.15, 0.2) is 11.5 Å². The molecule has 2 fully saturated rings. The molecule has 1 aromatic rings. The fraction of sp³-hybridized carbons (Fsp3) is 0.625. The van der Waals surface area contributed by atoms with Crippen molar-refractivity contribution in [3.05, 3.63) is 22.7 Å². The highest BCUT2D eigenvalue weighted by atomic mass is 35.5. The van der Waals surface area contributed by atoms with E-state index in [2.05, 4.69) is 18.3 Å². The highest BCUT2D eigenvalue weighted by molar-refractivity contribution is 6.31. The van der Waals surface area contributed by atoms with Gasteiger partial charge in [0.05, 0.1) is 0 Å². The third kappa shape index (κ3) is 1.83. The lowest BCUT2D eigenvalue weighted by molar-refractivity contribution is -0.0716. The molecule has 1 saturated carbocycles. The fourth-order valence-electron chi connectivity index (χ4n) is 3.78. The monoisotopic (exact) mass is 293 g/mol. The lowest BCUT2D eigenvalue weighted by atomic mass is 9.90. The van der Waals surface area contributed by atoms with Gasteiger partial charge >= 0.3 is 0 Å². The molecule has 0 bridgehead atoms. The number of rotatable bonds is 1. The van der Waals surface area contributed by atoms with Crippen LogP contribution in [0.3, 0.4) is 0 Å². The summed E-state index contributed by atoms with van der Waals surface area (Å²) in [7, 11) is 0. The molecule has 1 aromatic carbocycles. The second-order valence-electron chi connectivity index (χ2n) is 6.46. The van der Waals surface area contributed by atoms with Crippen LogP contribution in [-0.4, -0.2) is 12.3 Å². The van der Waals surface area contributed by atoms with Crippen LogP contribution in [0.15, 0.2) is 12.1 Å². The summed E-state index contributed by atoms with van der Waals surface area (Å²) in [4.78, 5) is 0. The first kappa shape index (κ1) is 12.8. The average molecular weight is 294 g/mol. The van der Waals surface area contributed by atoms with E-state index in [4.69, 9.17) is 21.1 Å². The van der Waals surface area contributed by atoms with Crippen LogP contribution >= 0.6 is 11.6 Å². The third-order valence-electron chi connectivity index (χ3n) is 4.95. The van der Waals surface area contributed by atoms with Crippen LogP contribution < -0.4 is 14.8 Å². The first-order valence-corrected chi connectivity index (χ1v) is 7.95. The molecule has 20 heavy (non-hydrogen) atoms. The normalized spacial score (nSPS) is 30.3. The molecular weight excluding hydrogens is 274 g/mol. The van der Waals surface area contributed by atoms with Crippen LogP contribution in [-0.2, 0) is 5.54 Å². The molecule has 3 nitrogen and oxygen atoms in total. The minimum atomic E-state index is -0.408. The smallest absolute Gasteiger partial charge is 0.251 e. The van der Waals surface area contributed by atoms with Crippen molar-refractivity contribution in [2.24, 2.45) is 0 Å². The fourth-order valence-corrected chi connectivity index (χ4v) is 4.14. The molecular formula is C16H20ClNO2. The number of halogens is 1.